The molecule has 3 aromatic heterocycles. The van der Waals surface area contributed by atoms with E-state index in [0.717, 1.165) is 69.5 Å². The molecular formula is C33H39N7. The summed E-state index contributed by atoms with van der Waals surface area (Å²) in [6, 6.07) is 14.4. The van der Waals surface area contributed by atoms with Crippen LogP contribution in [-0.4, -0.2) is 68.9 Å². The first-order valence-electron chi connectivity index (χ1n) is 14.3. The topological polar surface area (TPSA) is 75.6 Å². The fourth-order valence-corrected chi connectivity index (χ4v) is 6.13. The Labute approximate surface area is 237 Å². The van der Waals surface area contributed by atoms with E-state index >= 15 is 0 Å². The Kier molecular flexibility index (Phi) is 7.26. The standard InChI is InChI=1S/C33H39N7/c1-22(2)27-10-11-28(25-8-6-5-7-9-25)36-29(27)18-23(3)30-31-32(34)35-12-13-40(31)33(37-30)26-19-24(20-26)21-39-16-14-38(4)15-17-39/h5-13,18,24,26H,1,14-17,19-21H2,2-4H3,(H2,34,35)/b23-18+/t24-,26+. The molecule has 2 fully saturated rings. The fraction of sp³-hybridized carbons (Fsp3) is 0.364. The lowest BCUT2D eigenvalue weighted by atomic mass is 9.74. The van der Waals surface area contributed by atoms with Crippen LogP contribution in [0.5, 0.6) is 0 Å². The fourth-order valence-electron chi connectivity index (χ4n) is 6.13. The first-order valence-corrected chi connectivity index (χ1v) is 14.3. The molecule has 1 saturated heterocycles. The number of benzene rings is 1. The van der Waals surface area contributed by atoms with Crippen LogP contribution in [0.3, 0.4) is 0 Å². The molecule has 0 amide bonds. The summed E-state index contributed by atoms with van der Waals surface area (Å²) < 4.78 is 2.17. The number of anilines is 1. The second-order valence-electron chi connectivity index (χ2n) is 11.6. The highest BCUT2D eigenvalue weighted by atomic mass is 15.2. The van der Waals surface area contributed by atoms with Crippen LogP contribution in [0.15, 0.2) is 61.4 Å². The van der Waals surface area contributed by atoms with Crippen molar-refractivity contribution in [2.75, 3.05) is 45.5 Å². The van der Waals surface area contributed by atoms with Crippen molar-refractivity contribution in [3.8, 4) is 11.3 Å². The first kappa shape index (κ1) is 26.4. The number of allylic oxidation sites excluding steroid dienone is 2. The minimum Gasteiger partial charge on any atom is -0.382 e. The molecule has 1 aliphatic carbocycles. The van der Waals surface area contributed by atoms with Crippen LogP contribution < -0.4 is 5.73 Å². The van der Waals surface area contributed by atoms with Gasteiger partial charge in [0.1, 0.15) is 17.2 Å². The second kappa shape index (κ2) is 11.0. The molecule has 1 saturated carbocycles. The van der Waals surface area contributed by atoms with E-state index in [1.54, 1.807) is 6.20 Å². The second-order valence-corrected chi connectivity index (χ2v) is 11.6. The molecule has 4 heterocycles. The first-order chi connectivity index (χ1) is 19.4. The van der Waals surface area contributed by atoms with E-state index in [-0.39, 0.29) is 0 Å². The van der Waals surface area contributed by atoms with Gasteiger partial charge in [0.25, 0.3) is 0 Å². The number of hydrogen-bond acceptors (Lipinski definition) is 6. The molecule has 1 aromatic carbocycles. The molecule has 0 bridgehead atoms. The Morgan fingerprint density at radius 3 is 2.50 bits per heavy atom. The van der Waals surface area contributed by atoms with Crippen molar-refractivity contribution in [2.24, 2.45) is 5.92 Å². The summed E-state index contributed by atoms with van der Waals surface area (Å²) in [5, 5.41) is 0. The molecule has 7 nitrogen and oxygen atoms in total. The molecule has 2 N–H and O–H groups in total. The SMILES string of the molecule is C=C(C)c1ccc(-c2ccccc2)nc1/C=C(\C)c1nc([C@H]2C[C@@H](CN3CCN(C)CC3)C2)n2ccnc(N)c12. The number of nitrogens with zero attached hydrogens (tertiary/aromatic N) is 6. The number of nitrogens with two attached hydrogens (primary N) is 1. The van der Waals surface area contributed by atoms with Gasteiger partial charge in [-0.05, 0) is 62.9 Å². The van der Waals surface area contributed by atoms with Crippen LogP contribution in [0.25, 0.3) is 34.0 Å². The number of imidazole rings is 1. The molecule has 7 heteroatoms. The monoisotopic (exact) mass is 533 g/mol. The van der Waals surface area contributed by atoms with E-state index in [1.165, 1.54) is 32.7 Å². The predicted molar refractivity (Wildman–Crippen MR) is 165 cm³/mol. The highest BCUT2D eigenvalue weighted by Crippen LogP contribution is 2.43. The third-order valence-corrected chi connectivity index (χ3v) is 8.50. The van der Waals surface area contributed by atoms with Gasteiger partial charge in [0.05, 0.1) is 17.1 Å². The minimum atomic E-state index is 0.429. The summed E-state index contributed by atoms with van der Waals surface area (Å²) in [4.78, 5) is 19.7. The number of likely N-dealkylation sites (N-methyl/N-ethyl adjacent to an activating group) is 1. The van der Waals surface area contributed by atoms with Crippen molar-refractivity contribution in [3.63, 3.8) is 0 Å². The zero-order chi connectivity index (χ0) is 27.8. The number of piperazine rings is 1. The van der Waals surface area contributed by atoms with Gasteiger partial charge in [-0.15, -0.1) is 0 Å². The summed E-state index contributed by atoms with van der Waals surface area (Å²) in [5.41, 5.74) is 14.1. The van der Waals surface area contributed by atoms with Gasteiger partial charge in [-0.3, -0.25) is 4.40 Å². The Morgan fingerprint density at radius 1 is 1.02 bits per heavy atom. The van der Waals surface area contributed by atoms with E-state index in [4.69, 9.17) is 15.7 Å². The molecule has 0 unspecified atom stereocenters. The third-order valence-electron chi connectivity index (χ3n) is 8.50. The van der Waals surface area contributed by atoms with Crippen LogP contribution in [-0.2, 0) is 0 Å². The molecule has 2 aliphatic rings. The van der Waals surface area contributed by atoms with Crippen LogP contribution in [0.4, 0.5) is 5.82 Å². The van der Waals surface area contributed by atoms with Gasteiger partial charge >= 0.3 is 0 Å². The van der Waals surface area contributed by atoms with Gasteiger partial charge in [-0.2, -0.15) is 0 Å². The maximum absolute atomic E-state index is 6.46. The highest BCUT2D eigenvalue weighted by molar-refractivity contribution is 5.90. The maximum Gasteiger partial charge on any atom is 0.150 e. The summed E-state index contributed by atoms with van der Waals surface area (Å²) in [6.45, 7) is 14.2. The van der Waals surface area contributed by atoms with Crippen molar-refractivity contribution in [3.05, 3.63) is 84.2 Å². The summed E-state index contributed by atoms with van der Waals surface area (Å²) in [7, 11) is 2.21. The van der Waals surface area contributed by atoms with Crippen LogP contribution >= 0.6 is 0 Å². The van der Waals surface area contributed by atoms with Crippen LogP contribution in [0.1, 0.15) is 55.4 Å². The lowest BCUT2D eigenvalue weighted by Gasteiger charge is -2.40. The number of rotatable bonds is 7. The van der Waals surface area contributed by atoms with Crippen molar-refractivity contribution < 1.29 is 0 Å². The zero-order valence-electron chi connectivity index (χ0n) is 23.8. The van der Waals surface area contributed by atoms with Gasteiger partial charge in [0.15, 0.2) is 0 Å². The van der Waals surface area contributed by atoms with Crippen molar-refractivity contribution in [1.29, 1.82) is 0 Å². The average molecular weight is 534 g/mol. The number of pyridine rings is 1. The summed E-state index contributed by atoms with van der Waals surface area (Å²) in [6.07, 6.45) is 8.23. The number of fused-ring (bicyclic) bond motifs is 1. The summed E-state index contributed by atoms with van der Waals surface area (Å²) >= 11 is 0. The van der Waals surface area contributed by atoms with E-state index in [9.17, 15) is 0 Å². The maximum atomic E-state index is 6.46. The van der Waals surface area contributed by atoms with Crippen LogP contribution in [0.2, 0.25) is 0 Å². The summed E-state index contributed by atoms with van der Waals surface area (Å²) in [5.74, 6) is 2.75. The molecule has 0 atom stereocenters. The molecule has 206 valence electrons. The Bertz CT molecular complexity index is 1550. The smallest absolute Gasteiger partial charge is 0.150 e. The van der Waals surface area contributed by atoms with Crippen LogP contribution in [0, 0.1) is 5.92 Å². The van der Waals surface area contributed by atoms with Gasteiger partial charge in [-0.25, -0.2) is 15.0 Å². The van der Waals surface area contributed by atoms with Crippen molar-refractivity contribution >= 4 is 28.6 Å². The molecule has 0 radical (unpaired) electrons. The number of nitrogen functional groups attached to an aromatic ring is 1. The molecule has 1 aliphatic heterocycles. The minimum absolute atomic E-state index is 0.429. The molecule has 0 spiro atoms. The Balaban J connectivity index is 1.31. The van der Waals surface area contributed by atoms with E-state index in [1.807, 2.05) is 31.3 Å². The molecule has 4 aromatic rings. The zero-order valence-corrected chi connectivity index (χ0v) is 23.8. The van der Waals surface area contributed by atoms with Crippen molar-refractivity contribution in [1.82, 2.24) is 29.2 Å². The van der Waals surface area contributed by atoms with Gasteiger partial charge < -0.3 is 15.5 Å². The molecule has 6 rings (SSSR count). The molecule has 40 heavy (non-hydrogen) atoms. The lowest BCUT2D eigenvalue weighted by molar-refractivity contribution is 0.104. The lowest BCUT2D eigenvalue weighted by Crippen LogP contribution is -2.47. The average Bonchev–Trinajstić information content (AvgIpc) is 3.32. The van der Waals surface area contributed by atoms with Gasteiger partial charge in [0, 0.05) is 62.2 Å². The third kappa shape index (κ3) is 5.19. The highest BCUT2D eigenvalue weighted by Gasteiger charge is 2.35. The quantitative estimate of drug-likeness (QED) is 0.328. The van der Waals surface area contributed by atoms with E-state index < -0.39 is 0 Å². The van der Waals surface area contributed by atoms with Gasteiger partial charge in [0.2, 0.25) is 0 Å². The normalized spacial score (nSPS) is 20.5. The number of hydrogen-bond donors (Lipinski definition) is 1. The van der Waals surface area contributed by atoms with E-state index in [0.29, 0.717) is 11.7 Å². The Morgan fingerprint density at radius 2 is 1.77 bits per heavy atom. The largest absolute Gasteiger partial charge is 0.382 e. The Hall–Kier alpha value is -3.81. The van der Waals surface area contributed by atoms with E-state index in [2.05, 4.69) is 70.1 Å². The molecular weight excluding hydrogens is 494 g/mol. The number of aromatic nitrogens is 4. The van der Waals surface area contributed by atoms with Crippen molar-refractivity contribution in [2.45, 2.75) is 32.6 Å². The van der Waals surface area contributed by atoms with Gasteiger partial charge in [-0.1, -0.05) is 43.0 Å². The predicted octanol–water partition coefficient (Wildman–Crippen LogP) is 5.71.